The molecular weight excluding hydrogens is 256 g/mol. The van der Waals surface area contributed by atoms with E-state index in [4.69, 9.17) is 17.3 Å². The number of hydrogen-bond acceptors (Lipinski definition) is 1. The summed E-state index contributed by atoms with van der Waals surface area (Å²) in [4.78, 5) is 0. The van der Waals surface area contributed by atoms with Crippen LogP contribution in [0.3, 0.4) is 0 Å². The molecule has 70 valence electrons. The Morgan fingerprint density at radius 3 is 2.77 bits per heavy atom. The Morgan fingerprint density at radius 2 is 2.23 bits per heavy atom. The maximum atomic E-state index is 13.1. The highest BCUT2D eigenvalue weighted by Gasteiger charge is 2.04. The Balaban J connectivity index is 3.06. The molecule has 2 N–H and O–H groups in total. The van der Waals surface area contributed by atoms with E-state index in [1.54, 1.807) is 18.2 Å². The van der Waals surface area contributed by atoms with Gasteiger partial charge in [0.25, 0.3) is 0 Å². The Hall–Kier alpha value is -0.380. The zero-order valence-electron chi connectivity index (χ0n) is 6.73. The normalized spacial score (nSPS) is 11.1. The smallest absolute Gasteiger partial charge is 0.139 e. The molecule has 1 nitrogen and oxygen atoms in total. The van der Waals surface area contributed by atoms with Crippen molar-refractivity contribution in [2.75, 3.05) is 6.54 Å². The summed E-state index contributed by atoms with van der Waals surface area (Å²) in [5.74, 6) is -0.371. The quantitative estimate of drug-likeness (QED) is 0.816. The third kappa shape index (κ3) is 2.79. The van der Waals surface area contributed by atoms with E-state index >= 15 is 0 Å². The van der Waals surface area contributed by atoms with Crippen molar-refractivity contribution in [2.24, 2.45) is 5.73 Å². The molecule has 1 aromatic rings. The monoisotopic (exact) mass is 263 g/mol. The fraction of sp³-hybridized carbons (Fsp3) is 0.111. The van der Waals surface area contributed by atoms with Gasteiger partial charge in [0.1, 0.15) is 5.82 Å². The molecule has 0 amide bonds. The molecule has 1 aromatic carbocycles. The van der Waals surface area contributed by atoms with Crippen molar-refractivity contribution in [1.29, 1.82) is 0 Å². The average molecular weight is 265 g/mol. The number of halogens is 3. The first-order chi connectivity index (χ1) is 6.15. The Kier molecular flexibility index (Phi) is 3.90. The Bertz CT molecular complexity index is 315. The lowest BCUT2D eigenvalue weighted by atomic mass is 10.2. The van der Waals surface area contributed by atoms with Crippen LogP contribution in [0, 0.1) is 5.82 Å². The van der Waals surface area contributed by atoms with Crippen molar-refractivity contribution >= 4 is 33.6 Å². The van der Waals surface area contributed by atoms with Gasteiger partial charge in [-0.15, -0.1) is 0 Å². The molecule has 0 bridgehead atoms. The molecular formula is C9H8BrClFN. The molecule has 0 atom stereocenters. The highest BCUT2D eigenvalue weighted by Crippen LogP contribution is 2.27. The van der Waals surface area contributed by atoms with E-state index in [2.05, 4.69) is 15.9 Å². The van der Waals surface area contributed by atoms with Gasteiger partial charge in [-0.1, -0.05) is 23.8 Å². The maximum Gasteiger partial charge on any atom is 0.139 e. The first kappa shape index (κ1) is 10.7. The van der Waals surface area contributed by atoms with Crippen LogP contribution in [0.5, 0.6) is 0 Å². The van der Waals surface area contributed by atoms with E-state index in [0.717, 1.165) is 0 Å². The third-order valence-electron chi connectivity index (χ3n) is 1.45. The van der Waals surface area contributed by atoms with Gasteiger partial charge in [0.15, 0.2) is 0 Å². The van der Waals surface area contributed by atoms with E-state index in [1.807, 2.05) is 0 Å². The highest BCUT2D eigenvalue weighted by molar-refractivity contribution is 9.10. The van der Waals surface area contributed by atoms with Crippen molar-refractivity contribution in [3.05, 3.63) is 39.1 Å². The standard InChI is InChI=1S/C9H8BrClFN/c10-9-7(11)4-6(2-1-3-13)5-8(9)12/h1-2,4-5H,3,13H2/b2-1+. The molecule has 0 aliphatic rings. The van der Waals surface area contributed by atoms with Gasteiger partial charge in [-0.2, -0.15) is 0 Å². The van der Waals surface area contributed by atoms with Crippen LogP contribution in [0.4, 0.5) is 4.39 Å². The van der Waals surface area contributed by atoms with Gasteiger partial charge in [0.2, 0.25) is 0 Å². The van der Waals surface area contributed by atoms with Crippen LogP contribution in [0.25, 0.3) is 6.08 Å². The minimum Gasteiger partial charge on any atom is -0.327 e. The topological polar surface area (TPSA) is 26.0 Å². The second-order valence-electron chi connectivity index (χ2n) is 2.44. The van der Waals surface area contributed by atoms with Gasteiger partial charge in [-0.3, -0.25) is 0 Å². The lowest BCUT2D eigenvalue weighted by Gasteiger charge is -1.99. The summed E-state index contributed by atoms with van der Waals surface area (Å²) >= 11 is 8.77. The molecule has 0 heterocycles. The molecule has 0 radical (unpaired) electrons. The van der Waals surface area contributed by atoms with Gasteiger partial charge >= 0.3 is 0 Å². The van der Waals surface area contributed by atoms with Gasteiger partial charge in [-0.25, -0.2) is 4.39 Å². The van der Waals surface area contributed by atoms with Crippen molar-refractivity contribution < 1.29 is 4.39 Å². The summed E-state index contributed by atoms with van der Waals surface area (Å²) in [7, 11) is 0. The first-order valence-electron chi connectivity index (χ1n) is 3.66. The van der Waals surface area contributed by atoms with E-state index in [1.165, 1.54) is 6.07 Å². The predicted molar refractivity (Wildman–Crippen MR) is 57.2 cm³/mol. The Labute approximate surface area is 89.5 Å². The maximum absolute atomic E-state index is 13.1. The van der Waals surface area contributed by atoms with E-state index in [9.17, 15) is 4.39 Å². The molecule has 1 rings (SSSR count). The number of hydrogen-bond donors (Lipinski definition) is 1. The summed E-state index contributed by atoms with van der Waals surface area (Å²) in [6.07, 6.45) is 3.46. The largest absolute Gasteiger partial charge is 0.327 e. The Morgan fingerprint density at radius 1 is 1.54 bits per heavy atom. The van der Waals surface area contributed by atoms with Crippen molar-refractivity contribution in [2.45, 2.75) is 0 Å². The van der Waals surface area contributed by atoms with Crippen LogP contribution in [0.15, 0.2) is 22.7 Å². The minimum absolute atomic E-state index is 0.291. The van der Waals surface area contributed by atoms with Gasteiger partial charge in [0.05, 0.1) is 9.50 Å². The summed E-state index contributed by atoms with van der Waals surface area (Å²) in [6.45, 7) is 0.426. The predicted octanol–water partition coefficient (Wildman–Crippen LogP) is 3.21. The van der Waals surface area contributed by atoms with E-state index in [-0.39, 0.29) is 5.82 Å². The van der Waals surface area contributed by atoms with Crippen molar-refractivity contribution in [3.63, 3.8) is 0 Å². The van der Waals surface area contributed by atoms with Crippen LogP contribution in [0.2, 0.25) is 5.02 Å². The van der Waals surface area contributed by atoms with Crippen molar-refractivity contribution in [3.8, 4) is 0 Å². The third-order valence-corrected chi connectivity index (χ3v) is 2.78. The number of benzene rings is 1. The minimum atomic E-state index is -0.371. The first-order valence-corrected chi connectivity index (χ1v) is 4.83. The van der Waals surface area contributed by atoms with Crippen molar-refractivity contribution in [1.82, 2.24) is 0 Å². The molecule has 0 aliphatic heterocycles. The molecule has 0 spiro atoms. The lowest BCUT2D eigenvalue weighted by molar-refractivity contribution is 0.621. The van der Waals surface area contributed by atoms with Crippen LogP contribution in [-0.4, -0.2) is 6.54 Å². The molecule has 13 heavy (non-hydrogen) atoms. The zero-order valence-corrected chi connectivity index (χ0v) is 9.07. The SMILES string of the molecule is NC/C=C/c1cc(F)c(Br)c(Cl)c1. The molecule has 4 heteroatoms. The molecule has 0 saturated carbocycles. The fourth-order valence-corrected chi connectivity index (χ4v) is 1.32. The zero-order chi connectivity index (χ0) is 9.84. The van der Waals surface area contributed by atoms with Crippen LogP contribution in [0.1, 0.15) is 5.56 Å². The van der Waals surface area contributed by atoms with E-state index < -0.39 is 0 Å². The molecule has 0 unspecified atom stereocenters. The fourth-order valence-electron chi connectivity index (χ4n) is 0.875. The van der Waals surface area contributed by atoms with Gasteiger partial charge < -0.3 is 5.73 Å². The lowest BCUT2D eigenvalue weighted by Crippen LogP contribution is -1.92. The van der Waals surface area contributed by atoms with Crippen LogP contribution >= 0.6 is 27.5 Å². The molecule has 0 aromatic heterocycles. The highest BCUT2D eigenvalue weighted by atomic mass is 79.9. The number of nitrogens with two attached hydrogens (primary N) is 1. The second-order valence-corrected chi connectivity index (χ2v) is 3.64. The molecule has 0 fully saturated rings. The second kappa shape index (κ2) is 4.74. The summed E-state index contributed by atoms with van der Waals surface area (Å²) in [6, 6.07) is 3.06. The van der Waals surface area contributed by atoms with Crippen LogP contribution in [-0.2, 0) is 0 Å². The molecule has 0 aliphatic carbocycles. The summed E-state index contributed by atoms with van der Waals surface area (Å²) in [5, 5.41) is 0.358. The van der Waals surface area contributed by atoms with Gasteiger partial charge in [-0.05, 0) is 33.6 Å². The summed E-state index contributed by atoms with van der Waals surface area (Å²) < 4.78 is 13.4. The van der Waals surface area contributed by atoms with Crippen LogP contribution < -0.4 is 5.73 Å². The number of rotatable bonds is 2. The molecule has 0 saturated heterocycles. The van der Waals surface area contributed by atoms with Gasteiger partial charge in [0, 0.05) is 6.54 Å². The van der Waals surface area contributed by atoms with E-state index in [0.29, 0.717) is 21.6 Å². The summed E-state index contributed by atoms with van der Waals surface area (Å²) in [5.41, 5.74) is 5.96. The average Bonchev–Trinajstić information content (AvgIpc) is 2.10.